The van der Waals surface area contributed by atoms with Crippen LogP contribution in [-0.4, -0.2) is 25.2 Å². The summed E-state index contributed by atoms with van der Waals surface area (Å²) in [5.74, 6) is -1.12. The summed E-state index contributed by atoms with van der Waals surface area (Å²) in [6, 6.07) is 14.5. The molecule has 0 spiro atoms. The average molecular weight is 467 g/mol. The van der Waals surface area contributed by atoms with Crippen LogP contribution < -0.4 is 15.6 Å². The van der Waals surface area contributed by atoms with Crippen LogP contribution in [0.1, 0.15) is 52.6 Å². The fraction of sp³-hybridized carbons (Fsp3) is 0.208. The summed E-state index contributed by atoms with van der Waals surface area (Å²) >= 11 is 0. The second kappa shape index (κ2) is 9.41. The molecule has 0 aliphatic rings. The van der Waals surface area contributed by atoms with Gasteiger partial charge in [0, 0.05) is 23.6 Å². The van der Waals surface area contributed by atoms with Crippen LogP contribution >= 0.6 is 0 Å². The number of pyridine rings is 1. The quantitative estimate of drug-likeness (QED) is 0.497. The molecule has 0 radical (unpaired) electrons. The van der Waals surface area contributed by atoms with Gasteiger partial charge in [0.15, 0.2) is 0 Å². The number of nitrogens with one attached hydrogen (secondary N) is 3. The Morgan fingerprint density at radius 3 is 2.18 bits per heavy atom. The molecule has 33 heavy (non-hydrogen) atoms. The predicted molar refractivity (Wildman–Crippen MR) is 126 cm³/mol. The third kappa shape index (κ3) is 5.95. The van der Waals surface area contributed by atoms with Gasteiger partial charge in [0.05, 0.1) is 10.5 Å². The maximum atomic E-state index is 13.1. The second-order valence-corrected chi connectivity index (χ2v) is 10.2. The molecule has 1 heterocycles. The number of amides is 2. The highest BCUT2D eigenvalue weighted by molar-refractivity contribution is 7.92. The Hall–Kier alpha value is -3.72. The summed E-state index contributed by atoms with van der Waals surface area (Å²) in [4.78, 5) is 28.5. The van der Waals surface area contributed by atoms with Crippen LogP contribution in [0.4, 0.5) is 5.69 Å². The summed E-state index contributed by atoms with van der Waals surface area (Å²) < 4.78 is 28.7. The molecule has 0 bridgehead atoms. The van der Waals surface area contributed by atoms with Crippen molar-refractivity contribution in [3.63, 3.8) is 0 Å². The van der Waals surface area contributed by atoms with Gasteiger partial charge in [-0.2, -0.15) is 0 Å². The highest BCUT2D eigenvalue weighted by atomic mass is 32.2. The molecular formula is C24H26N4O4S. The van der Waals surface area contributed by atoms with Gasteiger partial charge in [0.2, 0.25) is 0 Å². The normalized spacial score (nSPS) is 11.5. The number of hydrogen-bond acceptors (Lipinski definition) is 5. The topological polar surface area (TPSA) is 117 Å². The van der Waals surface area contributed by atoms with Crippen molar-refractivity contribution in [2.24, 2.45) is 0 Å². The summed E-state index contributed by atoms with van der Waals surface area (Å²) in [7, 11) is -3.89. The van der Waals surface area contributed by atoms with Crippen molar-refractivity contribution < 1.29 is 18.0 Å². The van der Waals surface area contributed by atoms with Crippen molar-refractivity contribution in [1.82, 2.24) is 15.8 Å². The number of carbonyl (C=O) groups is 2. The third-order valence-electron chi connectivity index (χ3n) is 4.93. The van der Waals surface area contributed by atoms with Crippen LogP contribution in [0.15, 0.2) is 71.9 Å². The first-order valence-electron chi connectivity index (χ1n) is 10.2. The zero-order chi connectivity index (χ0) is 24.2. The fourth-order valence-corrected chi connectivity index (χ4v) is 4.37. The molecule has 172 valence electrons. The van der Waals surface area contributed by atoms with E-state index < -0.39 is 21.8 Å². The van der Waals surface area contributed by atoms with E-state index in [1.165, 1.54) is 24.5 Å². The molecule has 0 saturated heterocycles. The van der Waals surface area contributed by atoms with Crippen LogP contribution in [0.2, 0.25) is 0 Å². The van der Waals surface area contributed by atoms with Gasteiger partial charge < -0.3 is 0 Å². The molecule has 0 saturated carbocycles. The molecule has 3 N–H and O–H groups in total. The first kappa shape index (κ1) is 23.9. The van der Waals surface area contributed by atoms with Crippen molar-refractivity contribution >= 4 is 27.5 Å². The zero-order valence-corrected chi connectivity index (χ0v) is 19.7. The third-order valence-corrected chi connectivity index (χ3v) is 6.46. The fourth-order valence-electron chi connectivity index (χ4n) is 3.05. The molecule has 0 unspecified atom stereocenters. The summed E-state index contributed by atoms with van der Waals surface area (Å²) in [5.41, 5.74) is 6.58. The molecule has 0 aliphatic heterocycles. The smallest absolute Gasteiger partial charge is 0.271 e. The maximum absolute atomic E-state index is 13.1. The number of sulfonamides is 1. The van der Waals surface area contributed by atoms with Crippen molar-refractivity contribution in [2.45, 2.75) is 38.0 Å². The monoisotopic (exact) mass is 466 g/mol. The number of rotatable bonds is 5. The number of aryl methyl sites for hydroxylation is 1. The summed E-state index contributed by atoms with van der Waals surface area (Å²) in [6.07, 6.45) is 2.90. The molecule has 0 aliphatic carbocycles. The Bertz CT molecular complexity index is 1280. The van der Waals surface area contributed by atoms with Crippen LogP contribution in [0, 0.1) is 6.92 Å². The highest BCUT2D eigenvalue weighted by Crippen LogP contribution is 2.28. The van der Waals surface area contributed by atoms with Gasteiger partial charge >= 0.3 is 0 Å². The van der Waals surface area contributed by atoms with Crippen LogP contribution in [-0.2, 0) is 15.4 Å². The Kier molecular flexibility index (Phi) is 6.83. The Morgan fingerprint density at radius 1 is 0.879 bits per heavy atom. The first-order valence-corrected chi connectivity index (χ1v) is 11.7. The van der Waals surface area contributed by atoms with Gasteiger partial charge in [-0.05, 0) is 59.9 Å². The van der Waals surface area contributed by atoms with E-state index >= 15 is 0 Å². The Balaban J connectivity index is 1.76. The van der Waals surface area contributed by atoms with Crippen molar-refractivity contribution in [2.75, 3.05) is 4.72 Å². The van der Waals surface area contributed by atoms with Gasteiger partial charge in [-0.3, -0.25) is 30.1 Å². The van der Waals surface area contributed by atoms with E-state index in [1.54, 1.807) is 43.3 Å². The van der Waals surface area contributed by atoms with E-state index in [0.29, 0.717) is 5.56 Å². The van der Waals surface area contributed by atoms with E-state index in [1.807, 2.05) is 26.8 Å². The minimum Gasteiger partial charge on any atom is -0.280 e. The van der Waals surface area contributed by atoms with Gasteiger partial charge in [-0.15, -0.1) is 0 Å². The minimum atomic E-state index is -3.89. The lowest BCUT2D eigenvalue weighted by Gasteiger charge is -2.21. The molecule has 1 aromatic heterocycles. The Labute approximate surface area is 193 Å². The first-order chi connectivity index (χ1) is 15.5. The highest BCUT2D eigenvalue weighted by Gasteiger charge is 2.22. The van der Waals surface area contributed by atoms with Gasteiger partial charge in [0.1, 0.15) is 0 Å². The largest absolute Gasteiger partial charge is 0.280 e. The lowest BCUT2D eigenvalue weighted by atomic mass is 9.87. The number of hydrazine groups is 1. The van der Waals surface area contributed by atoms with E-state index in [4.69, 9.17) is 0 Å². The molecular weight excluding hydrogens is 440 g/mol. The SMILES string of the molecule is Cc1ccc(C(C)(C)C)cc1S(=O)(=O)Nc1cccc(C(=O)NNC(=O)c2cccnc2)c1. The number of nitrogens with zero attached hydrogens (tertiary/aromatic N) is 1. The molecule has 3 aromatic rings. The average Bonchev–Trinajstić information content (AvgIpc) is 2.77. The van der Waals surface area contributed by atoms with Crippen molar-refractivity contribution in [3.8, 4) is 0 Å². The van der Waals surface area contributed by atoms with Gasteiger partial charge in [-0.1, -0.05) is 39.0 Å². The van der Waals surface area contributed by atoms with Gasteiger partial charge in [0.25, 0.3) is 21.8 Å². The molecule has 0 atom stereocenters. The van der Waals surface area contributed by atoms with E-state index in [0.717, 1.165) is 5.56 Å². The lowest BCUT2D eigenvalue weighted by Crippen LogP contribution is -2.41. The standard InChI is InChI=1S/C24H26N4O4S/c1-16-10-11-19(24(2,3)4)14-21(16)33(31,32)28-20-9-5-7-17(13-20)22(29)26-27-23(30)18-8-6-12-25-15-18/h5-15,28H,1-4H3,(H,26,29)(H,27,30). The van der Waals surface area contributed by atoms with Crippen molar-refractivity contribution in [1.29, 1.82) is 0 Å². The van der Waals surface area contributed by atoms with Crippen molar-refractivity contribution in [3.05, 3.63) is 89.2 Å². The molecule has 3 rings (SSSR count). The molecule has 9 heteroatoms. The van der Waals surface area contributed by atoms with E-state index in [9.17, 15) is 18.0 Å². The number of anilines is 1. The van der Waals surface area contributed by atoms with E-state index in [-0.39, 0.29) is 27.1 Å². The van der Waals surface area contributed by atoms with Crippen LogP contribution in [0.3, 0.4) is 0 Å². The minimum absolute atomic E-state index is 0.168. The predicted octanol–water partition coefficient (Wildman–Crippen LogP) is 3.56. The number of benzene rings is 2. The second-order valence-electron chi connectivity index (χ2n) is 8.57. The Morgan fingerprint density at radius 2 is 1.55 bits per heavy atom. The van der Waals surface area contributed by atoms with Crippen LogP contribution in [0.25, 0.3) is 0 Å². The maximum Gasteiger partial charge on any atom is 0.271 e. The molecule has 0 fully saturated rings. The number of hydrogen-bond donors (Lipinski definition) is 3. The molecule has 2 aromatic carbocycles. The zero-order valence-electron chi connectivity index (χ0n) is 18.8. The molecule has 2 amide bonds. The van der Waals surface area contributed by atoms with Gasteiger partial charge in [-0.25, -0.2) is 8.42 Å². The van der Waals surface area contributed by atoms with E-state index in [2.05, 4.69) is 20.6 Å². The number of aromatic nitrogens is 1. The molecule has 8 nitrogen and oxygen atoms in total. The lowest BCUT2D eigenvalue weighted by molar-refractivity contribution is 0.0846. The summed E-state index contributed by atoms with van der Waals surface area (Å²) in [5, 5.41) is 0. The van der Waals surface area contributed by atoms with Crippen LogP contribution in [0.5, 0.6) is 0 Å². The summed E-state index contributed by atoms with van der Waals surface area (Å²) in [6.45, 7) is 7.76. The number of carbonyl (C=O) groups excluding carboxylic acids is 2.